The Morgan fingerprint density at radius 1 is 1.38 bits per heavy atom. The number of carbonyl (C=O) groups is 1. The first-order valence-corrected chi connectivity index (χ1v) is 7.00. The van der Waals surface area contributed by atoms with E-state index in [4.69, 9.17) is 0 Å². The van der Waals surface area contributed by atoms with Crippen LogP contribution in [0.15, 0.2) is 24.3 Å². The van der Waals surface area contributed by atoms with Crippen LogP contribution in [-0.2, 0) is 11.2 Å². The van der Waals surface area contributed by atoms with E-state index in [0.717, 1.165) is 12.8 Å². The quantitative estimate of drug-likeness (QED) is 0.794. The maximum Gasteiger partial charge on any atom is 0.146 e. The predicted molar refractivity (Wildman–Crippen MR) is 70.0 cm³/mol. The lowest BCUT2D eigenvalue weighted by atomic mass is 10.0. The molecule has 1 aromatic carbocycles. The number of aryl methyl sites for hydroxylation is 2. The Morgan fingerprint density at radius 2 is 2.12 bits per heavy atom. The zero-order valence-electron chi connectivity index (χ0n) is 9.74. The van der Waals surface area contributed by atoms with Crippen LogP contribution >= 0.6 is 11.8 Å². The summed E-state index contributed by atoms with van der Waals surface area (Å²) in [6.07, 6.45) is 3.92. The van der Waals surface area contributed by atoms with E-state index in [1.165, 1.54) is 23.3 Å². The minimum Gasteiger partial charge on any atom is -0.298 e. The highest BCUT2D eigenvalue weighted by Gasteiger charge is 2.22. The van der Waals surface area contributed by atoms with Crippen molar-refractivity contribution in [1.82, 2.24) is 0 Å². The van der Waals surface area contributed by atoms with Crippen LogP contribution in [0.1, 0.15) is 30.4 Å². The van der Waals surface area contributed by atoms with Gasteiger partial charge in [0.15, 0.2) is 0 Å². The molecule has 2 rings (SSSR count). The fourth-order valence-corrected chi connectivity index (χ4v) is 3.27. The number of Topliss-reactive ketones (excluding diaryl/α,β-unsaturated/α-hetero) is 1. The van der Waals surface area contributed by atoms with Gasteiger partial charge in [-0.1, -0.05) is 29.8 Å². The molecular weight excluding hydrogens is 216 g/mol. The molecule has 0 spiro atoms. The van der Waals surface area contributed by atoms with Crippen molar-refractivity contribution in [3.8, 4) is 0 Å². The van der Waals surface area contributed by atoms with E-state index in [9.17, 15) is 4.79 Å². The van der Waals surface area contributed by atoms with Crippen LogP contribution in [-0.4, -0.2) is 16.8 Å². The van der Waals surface area contributed by atoms with Gasteiger partial charge < -0.3 is 0 Å². The molecule has 16 heavy (non-hydrogen) atoms. The highest BCUT2D eigenvalue weighted by molar-refractivity contribution is 8.00. The number of benzene rings is 1. The molecule has 0 N–H and O–H groups in total. The first kappa shape index (κ1) is 11.7. The lowest BCUT2D eigenvalue weighted by molar-refractivity contribution is -0.118. The number of ketones is 1. The molecule has 0 aromatic heterocycles. The largest absolute Gasteiger partial charge is 0.298 e. The average Bonchev–Trinajstić information content (AvgIpc) is 2.81. The van der Waals surface area contributed by atoms with Crippen LogP contribution < -0.4 is 0 Å². The average molecular weight is 234 g/mol. The number of thioether (sulfide) groups is 1. The van der Waals surface area contributed by atoms with E-state index >= 15 is 0 Å². The van der Waals surface area contributed by atoms with E-state index < -0.39 is 0 Å². The molecule has 1 saturated heterocycles. The second-order valence-electron chi connectivity index (χ2n) is 4.45. The van der Waals surface area contributed by atoms with Crippen LogP contribution in [0, 0.1) is 6.92 Å². The smallest absolute Gasteiger partial charge is 0.146 e. The molecule has 1 nitrogen and oxygen atoms in total. The van der Waals surface area contributed by atoms with Crippen molar-refractivity contribution in [3.63, 3.8) is 0 Å². The fourth-order valence-electron chi connectivity index (χ4n) is 2.01. The second-order valence-corrected chi connectivity index (χ2v) is 5.76. The van der Waals surface area contributed by atoms with Gasteiger partial charge in [-0.2, -0.15) is 11.8 Å². The van der Waals surface area contributed by atoms with Gasteiger partial charge in [-0.15, -0.1) is 0 Å². The van der Waals surface area contributed by atoms with Crippen molar-refractivity contribution in [1.29, 1.82) is 0 Å². The molecule has 1 atom stereocenters. The van der Waals surface area contributed by atoms with E-state index in [1.807, 2.05) is 11.8 Å². The molecule has 1 fully saturated rings. The summed E-state index contributed by atoms with van der Waals surface area (Å²) in [5.74, 6) is 1.61. The van der Waals surface area contributed by atoms with Gasteiger partial charge in [0.1, 0.15) is 5.78 Å². The first-order valence-electron chi connectivity index (χ1n) is 5.95. The molecule has 0 saturated carbocycles. The molecule has 1 aliphatic rings. The van der Waals surface area contributed by atoms with E-state index in [-0.39, 0.29) is 0 Å². The van der Waals surface area contributed by atoms with Gasteiger partial charge >= 0.3 is 0 Å². The van der Waals surface area contributed by atoms with Crippen LogP contribution in [0.25, 0.3) is 0 Å². The lowest BCUT2D eigenvalue weighted by Gasteiger charge is -2.07. The molecule has 1 heterocycles. The zero-order chi connectivity index (χ0) is 11.4. The van der Waals surface area contributed by atoms with Crippen LogP contribution in [0.4, 0.5) is 0 Å². The summed E-state index contributed by atoms with van der Waals surface area (Å²) in [6, 6.07) is 8.49. The fraction of sp³-hybridized carbons (Fsp3) is 0.500. The van der Waals surface area contributed by atoms with E-state index in [2.05, 4.69) is 31.2 Å². The lowest BCUT2D eigenvalue weighted by Crippen LogP contribution is -2.14. The van der Waals surface area contributed by atoms with Gasteiger partial charge in [-0.25, -0.2) is 0 Å². The third-order valence-corrected chi connectivity index (χ3v) is 4.49. The van der Waals surface area contributed by atoms with Crippen LogP contribution in [0.3, 0.4) is 0 Å². The molecule has 0 aliphatic carbocycles. The summed E-state index contributed by atoms with van der Waals surface area (Å²) in [5.41, 5.74) is 2.56. The second kappa shape index (κ2) is 5.53. The summed E-state index contributed by atoms with van der Waals surface area (Å²) in [5, 5.41) is 0.297. The summed E-state index contributed by atoms with van der Waals surface area (Å²) in [7, 11) is 0. The van der Waals surface area contributed by atoms with Gasteiger partial charge in [0, 0.05) is 6.42 Å². The maximum atomic E-state index is 11.9. The standard InChI is InChI=1S/C14H18OS/c1-11-4-6-12(7-5-11)8-9-13(15)14-3-2-10-16-14/h4-7,14H,2-3,8-10H2,1H3. The number of carbonyl (C=O) groups excluding carboxylic acids is 1. The Hall–Kier alpha value is -0.760. The van der Waals surface area contributed by atoms with Crippen LogP contribution in [0.2, 0.25) is 0 Å². The highest BCUT2D eigenvalue weighted by Crippen LogP contribution is 2.27. The summed E-state index contributed by atoms with van der Waals surface area (Å²) in [4.78, 5) is 11.9. The van der Waals surface area contributed by atoms with Gasteiger partial charge in [0.2, 0.25) is 0 Å². The Balaban J connectivity index is 1.82. The minimum absolute atomic E-state index is 0.297. The van der Waals surface area contributed by atoms with Gasteiger partial charge in [-0.3, -0.25) is 4.79 Å². The van der Waals surface area contributed by atoms with Crippen molar-refractivity contribution in [2.45, 2.75) is 37.9 Å². The summed E-state index contributed by atoms with van der Waals surface area (Å²) in [6.45, 7) is 2.09. The van der Waals surface area contributed by atoms with E-state index in [0.29, 0.717) is 17.5 Å². The zero-order valence-corrected chi connectivity index (χ0v) is 10.6. The Bertz CT molecular complexity index is 350. The third-order valence-electron chi connectivity index (χ3n) is 3.07. The Morgan fingerprint density at radius 3 is 2.75 bits per heavy atom. The molecule has 1 aromatic rings. The molecular formula is C14H18OS. The summed E-state index contributed by atoms with van der Waals surface area (Å²) >= 11 is 1.84. The number of rotatable bonds is 4. The van der Waals surface area contributed by atoms with Crippen molar-refractivity contribution >= 4 is 17.5 Å². The molecule has 1 aliphatic heterocycles. The molecule has 0 radical (unpaired) electrons. The van der Waals surface area contributed by atoms with Gasteiger partial charge in [0.05, 0.1) is 5.25 Å². The Kier molecular flexibility index (Phi) is 4.05. The number of hydrogen-bond acceptors (Lipinski definition) is 2. The van der Waals surface area contributed by atoms with Crippen molar-refractivity contribution in [2.75, 3.05) is 5.75 Å². The van der Waals surface area contributed by atoms with Crippen molar-refractivity contribution in [3.05, 3.63) is 35.4 Å². The van der Waals surface area contributed by atoms with Crippen LogP contribution in [0.5, 0.6) is 0 Å². The summed E-state index contributed by atoms with van der Waals surface area (Å²) < 4.78 is 0. The molecule has 0 bridgehead atoms. The molecule has 86 valence electrons. The van der Waals surface area contributed by atoms with Crippen molar-refractivity contribution < 1.29 is 4.79 Å². The van der Waals surface area contributed by atoms with E-state index in [1.54, 1.807) is 0 Å². The maximum absolute atomic E-state index is 11.9. The monoisotopic (exact) mass is 234 g/mol. The molecule has 2 heteroatoms. The van der Waals surface area contributed by atoms with Gasteiger partial charge in [0.25, 0.3) is 0 Å². The molecule has 0 amide bonds. The molecule has 1 unspecified atom stereocenters. The Labute approximate surface area is 102 Å². The minimum atomic E-state index is 0.297. The first-order chi connectivity index (χ1) is 7.75. The van der Waals surface area contributed by atoms with Gasteiger partial charge in [-0.05, 0) is 37.5 Å². The normalized spacial score (nSPS) is 19.9. The SMILES string of the molecule is Cc1ccc(CCC(=O)C2CCCS2)cc1. The highest BCUT2D eigenvalue weighted by atomic mass is 32.2. The topological polar surface area (TPSA) is 17.1 Å². The van der Waals surface area contributed by atoms with Crippen molar-refractivity contribution in [2.24, 2.45) is 0 Å². The number of hydrogen-bond donors (Lipinski definition) is 0. The predicted octanol–water partition coefficient (Wildman–Crippen LogP) is 3.39. The third kappa shape index (κ3) is 3.11.